The minimum atomic E-state index is 0.663. The fourth-order valence-corrected chi connectivity index (χ4v) is 1.41. The van der Waals surface area contributed by atoms with E-state index in [0.29, 0.717) is 5.02 Å². The van der Waals surface area contributed by atoms with Crippen LogP contribution in [0, 0.1) is 13.8 Å². The summed E-state index contributed by atoms with van der Waals surface area (Å²) < 4.78 is 0. The maximum atomic E-state index is 6.06. The lowest BCUT2D eigenvalue weighted by Gasteiger charge is -1.97. The van der Waals surface area contributed by atoms with Gasteiger partial charge in [-0.3, -0.25) is 10.1 Å². The van der Waals surface area contributed by atoms with Crippen molar-refractivity contribution in [2.24, 2.45) is 0 Å². The van der Waals surface area contributed by atoms with Gasteiger partial charge < -0.3 is 0 Å². The Balaban J connectivity index is 2.49. The Morgan fingerprint density at radius 2 is 2.07 bits per heavy atom. The third-order valence-electron chi connectivity index (χ3n) is 2.06. The Labute approximate surface area is 87.1 Å². The number of aromatic amines is 1. The van der Waals surface area contributed by atoms with Gasteiger partial charge in [0.2, 0.25) is 0 Å². The van der Waals surface area contributed by atoms with Crippen molar-refractivity contribution in [1.29, 1.82) is 0 Å². The van der Waals surface area contributed by atoms with E-state index in [4.69, 9.17) is 11.6 Å². The molecule has 0 atom stereocenters. The number of nitrogens with zero attached hydrogens (tertiary/aromatic N) is 2. The minimum absolute atomic E-state index is 0.663. The highest BCUT2D eigenvalue weighted by atomic mass is 35.5. The van der Waals surface area contributed by atoms with Crippen LogP contribution >= 0.6 is 11.6 Å². The minimum Gasteiger partial charge on any atom is -0.281 e. The number of pyridine rings is 1. The molecule has 3 nitrogen and oxygen atoms in total. The smallest absolute Gasteiger partial charge is 0.112 e. The van der Waals surface area contributed by atoms with Crippen molar-refractivity contribution >= 4 is 11.6 Å². The lowest BCUT2D eigenvalue weighted by Crippen LogP contribution is -1.83. The van der Waals surface area contributed by atoms with Gasteiger partial charge in [-0.15, -0.1) is 0 Å². The normalized spacial score (nSPS) is 10.5. The quantitative estimate of drug-likeness (QED) is 0.781. The summed E-state index contributed by atoms with van der Waals surface area (Å²) >= 11 is 6.06. The van der Waals surface area contributed by atoms with E-state index in [9.17, 15) is 0 Å². The summed E-state index contributed by atoms with van der Waals surface area (Å²) in [4.78, 5) is 4.19. The van der Waals surface area contributed by atoms with Crippen molar-refractivity contribution in [3.63, 3.8) is 0 Å². The molecule has 4 heteroatoms. The van der Waals surface area contributed by atoms with E-state index in [-0.39, 0.29) is 0 Å². The van der Waals surface area contributed by atoms with E-state index in [1.165, 1.54) is 0 Å². The van der Waals surface area contributed by atoms with Crippen LogP contribution in [0.1, 0.15) is 11.4 Å². The molecule has 0 aliphatic rings. The van der Waals surface area contributed by atoms with E-state index in [1.54, 1.807) is 6.20 Å². The second-order valence-electron chi connectivity index (χ2n) is 3.20. The van der Waals surface area contributed by atoms with Crippen LogP contribution in [-0.2, 0) is 0 Å². The fourth-order valence-electron chi connectivity index (χ4n) is 1.21. The van der Waals surface area contributed by atoms with Crippen LogP contribution in [0.5, 0.6) is 0 Å². The SMILES string of the molecule is Cc1ccc(-c2n[nH]c(C)c2Cl)cn1. The van der Waals surface area contributed by atoms with Crippen molar-refractivity contribution in [1.82, 2.24) is 15.2 Å². The second kappa shape index (κ2) is 3.42. The van der Waals surface area contributed by atoms with E-state index < -0.39 is 0 Å². The van der Waals surface area contributed by atoms with Gasteiger partial charge in [-0.2, -0.15) is 5.10 Å². The van der Waals surface area contributed by atoms with Crippen molar-refractivity contribution in [3.05, 3.63) is 34.7 Å². The average molecular weight is 208 g/mol. The molecule has 0 saturated carbocycles. The maximum absolute atomic E-state index is 6.06. The van der Waals surface area contributed by atoms with Gasteiger partial charge in [0.25, 0.3) is 0 Å². The fraction of sp³-hybridized carbons (Fsp3) is 0.200. The number of nitrogens with one attached hydrogen (secondary N) is 1. The van der Waals surface area contributed by atoms with Gasteiger partial charge in [-0.1, -0.05) is 11.6 Å². The van der Waals surface area contributed by atoms with Crippen LogP contribution < -0.4 is 0 Å². The van der Waals surface area contributed by atoms with Crippen molar-refractivity contribution < 1.29 is 0 Å². The van der Waals surface area contributed by atoms with Crippen LogP contribution in [0.15, 0.2) is 18.3 Å². The molecule has 0 unspecified atom stereocenters. The molecule has 14 heavy (non-hydrogen) atoms. The van der Waals surface area contributed by atoms with Gasteiger partial charge in [0.05, 0.1) is 10.7 Å². The molecule has 0 radical (unpaired) electrons. The molecule has 2 heterocycles. The van der Waals surface area contributed by atoms with E-state index in [0.717, 1.165) is 22.6 Å². The first-order valence-corrected chi connectivity index (χ1v) is 4.70. The molecule has 1 N–H and O–H groups in total. The molecule has 0 saturated heterocycles. The molecule has 2 aromatic heterocycles. The van der Waals surface area contributed by atoms with Gasteiger partial charge in [-0.05, 0) is 26.0 Å². The summed E-state index contributed by atoms with van der Waals surface area (Å²) in [6.45, 7) is 3.83. The van der Waals surface area contributed by atoms with Crippen LogP contribution in [0.3, 0.4) is 0 Å². The summed E-state index contributed by atoms with van der Waals surface area (Å²) in [7, 11) is 0. The Hall–Kier alpha value is -1.35. The third kappa shape index (κ3) is 1.51. The Morgan fingerprint density at radius 1 is 1.29 bits per heavy atom. The summed E-state index contributed by atoms with van der Waals surface area (Å²) in [6, 6.07) is 3.90. The number of rotatable bonds is 1. The molecular weight excluding hydrogens is 198 g/mol. The lowest BCUT2D eigenvalue weighted by molar-refractivity contribution is 1.05. The van der Waals surface area contributed by atoms with Gasteiger partial charge in [0.15, 0.2) is 0 Å². The summed E-state index contributed by atoms with van der Waals surface area (Å²) in [5.74, 6) is 0. The number of hydrogen-bond donors (Lipinski definition) is 1. The Kier molecular flexibility index (Phi) is 2.25. The molecule has 2 aromatic rings. The largest absolute Gasteiger partial charge is 0.281 e. The molecule has 0 fully saturated rings. The zero-order valence-corrected chi connectivity index (χ0v) is 8.76. The van der Waals surface area contributed by atoms with E-state index in [1.807, 2.05) is 26.0 Å². The zero-order valence-electron chi connectivity index (χ0n) is 8.00. The van der Waals surface area contributed by atoms with Crippen LogP contribution in [0.25, 0.3) is 11.3 Å². The van der Waals surface area contributed by atoms with Crippen LogP contribution in [0.2, 0.25) is 5.02 Å². The first kappa shape index (κ1) is 9.21. The molecule has 0 bridgehead atoms. The topological polar surface area (TPSA) is 41.6 Å². The first-order valence-electron chi connectivity index (χ1n) is 4.32. The predicted molar refractivity (Wildman–Crippen MR) is 56.3 cm³/mol. The second-order valence-corrected chi connectivity index (χ2v) is 3.58. The highest BCUT2D eigenvalue weighted by Gasteiger charge is 2.09. The van der Waals surface area contributed by atoms with E-state index in [2.05, 4.69) is 15.2 Å². The molecule has 2 rings (SSSR count). The Bertz CT molecular complexity index is 445. The van der Waals surface area contributed by atoms with Crippen molar-refractivity contribution in [2.75, 3.05) is 0 Å². The highest BCUT2D eigenvalue weighted by Crippen LogP contribution is 2.27. The number of halogens is 1. The van der Waals surface area contributed by atoms with Gasteiger partial charge in [-0.25, -0.2) is 0 Å². The number of H-pyrrole nitrogens is 1. The molecular formula is C10H10ClN3. The molecule has 72 valence electrons. The summed E-state index contributed by atoms with van der Waals surface area (Å²) in [6.07, 6.45) is 1.77. The lowest BCUT2D eigenvalue weighted by atomic mass is 10.2. The van der Waals surface area contributed by atoms with Crippen LogP contribution in [0.4, 0.5) is 0 Å². The predicted octanol–water partition coefficient (Wildman–Crippen LogP) is 2.74. The number of aryl methyl sites for hydroxylation is 2. The van der Waals surface area contributed by atoms with Crippen molar-refractivity contribution in [2.45, 2.75) is 13.8 Å². The van der Waals surface area contributed by atoms with Gasteiger partial charge in [0, 0.05) is 17.5 Å². The number of hydrogen-bond acceptors (Lipinski definition) is 2. The standard InChI is InChI=1S/C10H10ClN3/c1-6-3-4-8(5-12-6)10-9(11)7(2)13-14-10/h3-5H,1-2H3,(H,13,14). The van der Waals surface area contributed by atoms with Gasteiger partial charge in [0.1, 0.15) is 5.69 Å². The average Bonchev–Trinajstić information content (AvgIpc) is 2.50. The van der Waals surface area contributed by atoms with E-state index >= 15 is 0 Å². The molecule has 0 amide bonds. The molecule has 0 spiro atoms. The summed E-state index contributed by atoms with van der Waals surface area (Å²) in [5.41, 5.74) is 3.56. The van der Waals surface area contributed by atoms with Crippen LogP contribution in [-0.4, -0.2) is 15.2 Å². The molecule has 0 aliphatic heterocycles. The zero-order chi connectivity index (χ0) is 10.1. The van der Waals surface area contributed by atoms with Crippen molar-refractivity contribution in [3.8, 4) is 11.3 Å². The summed E-state index contributed by atoms with van der Waals surface area (Å²) in [5, 5.41) is 7.62. The van der Waals surface area contributed by atoms with Gasteiger partial charge >= 0.3 is 0 Å². The highest BCUT2D eigenvalue weighted by molar-refractivity contribution is 6.33. The monoisotopic (exact) mass is 207 g/mol. The number of aromatic nitrogens is 3. The molecule has 0 aromatic carbocycles. The third-order valence-corrected chi connectivity index (χ3v) is 2.52. The Morgan fingerprint density at radius 3 is 2.57 bits per heavy atom. The maximum Gasteiger partial charge on any atom is 0.112 e. The first-order chi connectivity index (χ1) is 6.68. The molecule has 0 aliphatic carbocycles.